The van der Waals surface area contributed by atoms with Gasteiger partial charge < -0.3 is 19.7 Å². The molecule has 0 saturated carbocycles. The second-order valence-corrected chi connectivity index (χ2v) is 5.75. The van der Waals surface area contributed by atoms with E-state index in [9.17, 15) is 4.79 Å². The van der Waals surface area contributed by atoms with Crippen LogP contribution in [0, 0.1) is 0 Å². The summed E-state index contributed by atoms with van der Waals surface area (Å²) in [5, 5.41) is 3.40. The minimum absolute atomic E-state index is 0.0306. The SMILES string of the molecule is COc1ccc(N2CC3(CCCNCC3)OCC2=O)cc1. The largest absolute Gasteiger partial charge is 0.497 e. The van der Waals surface area contributed by atoms with Gasteiger partial charge in [-0.25, -0.2) is 0 Å². The number of carbonyl (C=O) groups is 1. The minimum Gasteiger partial charge on any atom is -0.497 e. The number of methoxy groups -OCH3 is 1. The van der Waals surface area contributed by atoms with E-state index in [1.54, 1.807) is 7.11 Å². The molecule has 2 aliphatic rings. The number of hydrogen-bond donors (Lipinski definition) is 1. The Morgan fingerprint density at radius 1 is 1.24 bits per heavy atom. The van der Waals surface area contributed by atoms with Crippen molar-refractivity contribution < 1.29 is 14.3 Å². The zero-order valence-corrected chi connectivity index (χ0v) is 12.4. The number of amides is 1. The van der Waals surface area contributed by atoms with Gasteiger partial charge in [-0.05, 0) is 56.6 Å². The fourth-order valence-corrected chi connectivity index (χ4v) is 3.12. The molecule has 21 heavy (non-hydrogen) atoms. The van der Waals surface area contributed by atoms with Crippen molar-refractivity contribution in [2.45, 2.75) is 24.9 Å². The molecular weight excluding hydrogens is 268 g/mol. The number of benzene rings is 1. The molecule has 0 bridgehead atoms. The van der Waals surface area contributed by atoms with Crippen LogP contribution in [0.4, 0.5) is 5.69 Å². The number of nitrogens with one attached hydrogen (secondary N) is 1. The lowest BCUT2D eigenvalue weighted by atomic mass is 9.92. The molecule has 1 amide bonds. The molecule has 3 rings (SSSR count). The molecule has 5 nitrogen and oxygen atoms in total. The first kappa shape index (κ1) is 14.4. The van der Waals surface area contributed by atoms with E-state index in [2.05, 4.69) is 5.32 Å². The van der Waals surface area contributed by atoms with Crippen molar-refractivity contribution in [3.05, 3.63) is 24.3 Å². The van der Waals surface area contributed by atoms with Crippen molar-refractivity contribution in [3.8, 4) is 5.75 Å². The third kappa shape index (κ3) is 3.04. The Morgan fingerprint density at radius 3 is 2.81 bits per heavy atom. The number of rotatable bonds is 2. The lowest BCUT2D eigenvalue weighted by Crippen LogP contribution is -2.55. The Balaban J connectivity index is 1.80. The van der Waals surface area contributed by atoms with Crippen LogP contribution in [0.1, 0.15) is 19.3 Å². The first-order chi connectivity index (χ1) is 10.2. The molecule has 2 aliphatic heterocycles. The Kier molecular flexibility index (Phi) is 4.12. The fourth-order valence-electron chi connectivity index (χ4n) is 3.12. The number of hydrogen-bond acceptors (Lipinski definition) is 4. The van der Waals surface area contributed by atoms with Crippen LogP contribution in [0.2, 0.25) is 0 Å². The maximum atomic E-state index is 12.2. The van der Waals surface area contributed by atoms with Gasteiger partial charge in [0.25, 0.3) is 5.91 Å². The van der Waals surface area contributed by atoms with Crippen molar-refractivity contribution in [2.24, 2.45) is 0 Å². The van der Waals surface area contributed by atoms with Crippen LogP contribution in [0.25, 0.3) is 0 Å². The van der Waals surface area contributed by atoms with Gasteiger partial charge in [0.15, 0.2) is 0 Å². The molecule has 2 fully saturated rings. The normalized spacial score (nSPS) is 26.7. The summed E-state index contributed by atoms with van der Waals surface area (Å²) in [7, 11) is 1.64. The maximum absolute atomic E-state index is 12.2. The second kappa shape index (κ2) is 6.03. The fraction of sp³-hybridized carbons (Fsp3) is 0.562. The van der Waals surface area contributed by atoms with Crippen LogP contribution in [0.3, 0.4) is 0 Å². The van der Waals surface area contributed by atoms with Gasteiger partial charge in [0.05, 0.1) is 19.3 Å². The monoisotopic (exact) mass is 290 g/mol. The summed E-state index contributed by atoms with van der Waals surface area (Å²) >= 11 is 0. The summed E-state index contributed by atoms with van der Waals surface area (Å²) in [6.07, 6.45) is 3.04. The predicted octanol–water partition coefficient (Wildman–Crippen LogP) is 1.57. The van der Waals surface area contributed by atoms with Gasteiger partial charge in [-0.1, -0.05) is 0 Å². The average Bonchev–Trinajstić information content (AvgIpc) is 2.76. The molecule has 1 unspecified atom stereocenters. The molecule has 114 valence electrons. The highest BCUT2D eigenvalue weighted by Gasteiger charge is 2.40. The number of morpholine rings is 1. The highest BCUT2D eigenvalue weighted by Crippen LogP contribution is 2.32. The smallest absolute Gasteiger partial charge is 0.253 e. The summed E-state index contributed by atoms with van der Waals surface area (Å²) in [4.78, 5) is 14.1. The van der Waals surface area contributed by atoms with Gasteiger partial charge in [0, 0.05) is 5.69 Å². The molecule has 5 heteroatoms. The van der Waals surface area contributed by atoms with E-state index in [1.165, 1.54) is 0 Å². The summed E-state index contributed by atoms with van der Waals surface area (Å²) < 4.78 is 11.1. The molecule has 1 aromatic carbocycles. The first-order valence-electron chi connectivity index (χ1n) is 7.52. The Hall–Kier alpha value is -1.59. The lowest BCUT2D eigenvalue weighted by Gasteiger charge is -2.42. The van der Waals surface area contributed by atoms with Crippen molar-refractivity contribution >= 4 is 11.6 Å². The molecular formula is C16H22N2O3. The van der Waals surface area contributed by atoms with E-state index in [1.807, 2.05) is 29.2 Å². The predicted molar refractivity (Wildman–Crippen MR) is 80.8 cm³/mol. The average molecular weight is 290 g/mol. The van der Waals surface area contributed by atoms with Crippen molar-refractivity contribution in [1.82, 2.24) is 5.32 Å². The Bertz CT molecular complexity index is 493. The number of nitrogens with zero attached hydrogens (tertiary/aromatic N) is 1. The molecule has 0 aromatic heterocycles. The number of anilines is 1. The van der Waals surface area contributed by atoms with Gasteiger partial charge in [0.1, 0.15) is 12.4 Å². The standard InChI is InChI=1S/C16H22N2O3/c1-20-14-5-3-13(4-6-14)18-12-16(21-11-15(18)19)7-2-9-17-10-8-16/h3-6,17H,2,7-12H2,1H3. The topological polar surface area (TPSA) is 50.8 Å². The molecule has 0 radical (unpaired) electrons. The molecule has 2 heterocycles. The molecule has 1 spiro atoms. The van der Waals surface area contributed by atoms with Crippen LogP contribution in [0.15, 0.2) is 24.3 Å². The highest BCUT2D eigenvalue weighted by molar-refractivity contribution is 5.95. The highest BCUT2D eigenvalue weighted by atomic mass is 16.5. The molecule has 0 aliphatic carbocycles. The Morgan fingerprint density at radius 2 is 2.05 bits per heavy atom. The van der Waals surface area contributed by atoms with E-state index >= 15 is 0 Å². The molecule has 1 atom stereocenters. The third-order valence-electron chi connectivity index (χ3n) is 4.38. The summed E-state index contributed by atoms with van der Waals surface area (Å²) in [6.45, 7) is 2.79. The van der Waals surface area contributed by atoms with Gasteiger partial charge in [-0.15, -0.1) is 0 Å². The van der Waals surface area contributed by atoms with E-state index in [-0.39, 0.29) is 18.1 Å². The van der Waals surface area contributed by atoms with E-state index in [4.69, 9.17) is 9.47 Å². The number of ether oxygens (including phenoxy) is 2. The van der Waals surface area contributed by atoms with Gasteiger partial charge in [-0.2, -0.15) is 0 Å². The second-order valence-electron chi connectivity index (χ2n) is 5.75. The molecule has 1 N–H and O–H groups in total. The van der Waals surface area contributed by atoms with Crippen LogP contribution < -0.4 is 15.0 Å². The van der Waals surface area contributed by atoms with Gasteiger partial charge in [-0.3, -0.25) is 4.79 Å². The van der Waals surface area contributed by atoms with E-state index in [0.29, 0.717) is 6.54 Å². The maximum Gasteiger partial charge on any atom is 0.253 e. The van der Waals surface area contributed by atoms with Crippen LogP contribution in [0.5, 0.6) is 5.75 Å². The zero-order valence-electron chi connectivity index (χ0n) is 12.4. The van der Waals surface area contributed by atoms with Crippen LogP contribution in [-0.2, 0) is 9.53 Å². The first-order valence-corrected chi connectivity index (χ1v) is 7.52. The van der Waals surface area contributed by atoms with E-state index in [0.717, 1.165) is 43.8 Å². The summed E-state index contributed by atoms with van der Waals surface area (Å²) in [5.41, 5.74) is 0.720. The number of carbonyl (C=O) groups excluding carboxylic acids is 1. The minimum atomic E-state index is -0.197. The zero-order chi connectivity index (χ0) is 14.7. The quantitative estimate of drug-likeness (QED) is 0.898. The third-order valence-corrected chi connectivity index (χ3v) is 4.38. The van der Waals surface area contributed by atoms with Crippen molar-refractivity contribution in [1.29, 1.82) is 0 Å². The van der Waals surface area contributed by atoms with Crippen LogP contribution in [-0.4, -0.2) is 44.9 Å². The van der Waals surface area contributed by atoms with Gasteiger partial charge in [0.2, 0.25) is 0 Å². The lowest BCUT2D eigenvalue weighted by molar-refractivity contribution is -0.139. The summed E-state index contributed by atoms with van der Waals surface area (Å²) in [6, 6.07) is 7.65. The summed E-state index contributed by atoms with van der Waals surface area (Å²) in [5.74, 6) is 0.829. The van der Waals surface area contributed by atoms with E-state index < -0.39 is 0 Å². The Labute approximate surface area is 125 Å². The van der Waals surface area contributed by atoms with Gasteiger partial charge >= 0.3 is 0 Å². The van der Waals surface area contributed by atoms with Crippen LogP contribution >= 0.6 is 0 Å². The van der Waals surface area contributed by atoms with Crippen molar-refractivity contribution in [2.75, 3.05) is 38.3 Å². The van der Waals surface area contributed by atoms with Crippen molar-refractivity contribution in [3.63, 3.8) is 0 Å². The molecule has 1 aromatic rings. The molecule has 2 saturated heterocycles.